The number of nitrogens with one attached hydrogen (secondary N) is 1. The van der Waals surface area contributed by atoms with Crippen molar-refractivity contribution >= 4 is 34.1 Å². The minimum absolute atomic E-state index is 0.0442. The molecule has 2 amide bonds. The SMILES string of the molecule is O=C(Nc1sccc1C(=O)N1CCCCC1)[C@@H]1[C@H](C(=O)O)[C@@H]2C=C[C@H]1CC2. The fraction of sp³-hybridized carbons (Fsp3) is 0.550. The van der Waals surface area contributed by atoms with Gasteiger partial charge in [-0.25, -0.2) is 0 Å². The molecule has 4 atom stereocenters. The molecular weight excluding hydrogens is 364 g/mol. The molecule has 1 saturated heterocycles. The van der Waals surface area contributed by atoms with Crippen LogP contribution in [0.15, 0.2) is 23.6 Å². The van der Waals surface area contributed by atoms with E-state index in [0.29, 0.717) is 10.6 Å². The van der Waals surface area contributed by atoms with Crippen LogP contribution < -0.4 is 5.32 Å². The number of rotatable bonds is 4. The molecule has 2 bridgehead atoms. The summed E-state index contributed by atoms with van der Waals surface area (Å²) >= 11 is 1.32. The van der Waals surface area contributed by atoms with E-state index in [1.54, 1.807) is 11.4 Å². The lowest BCUT2D eigenvalue weighted by Gasteiger charge is -2.41. The van der Waals surface area contributed by atoms with Gasteiger partial charge in [0.1, 0.15) is 5.00 Å². The third-order valence-corrected chi connectivity index (χ3v) is 6.94. The van der Waals surface area contributed by atoms with Crippen molar-refractivity contribution in [1.29, 1.82) is 0 Å². The Morgan fingerprint density at radius 2 is 1.70 bits per heavy atom. The van der Waals surface area contributed by atoms with Gasteiger partial charge in [0.05, 0.1) is 17.4 Å². The van der Waals surface area contributed by atoms with Gasteiger partial charge < -0.3 is 15.3 Å². The first-order chi connectivity index (χ1) is 13.1. The summed E-state index contributed by atoms with van der Waals surface area (Å²) in [6.45, 7) is 1.50. The van der Waals surface area contributed by atoms with Gasteiger partial charge in [0.15, 0.2) is 0 Å². The van der Waals surface area contributed by atoms with Gasteiger partial charge in [0.2, 0.25) is 5.91 Å². The summed E-state index contributed by atoms with van der Waals surface area (Å²) in [7, 11) is 0. The van der Waals surface area contributed by atoms with Gasteiger partial charge >= 0.3 is 5.97 Å². The molecule has 0 spiro atoms. The Kier molecular flexibility index (Phi) is 5.04. The van der Waals surface area contributed by atoms with Crippen molar-refractivity contribution in [3.05, 3.63) is 29.2 Å². The van der Waals surface area contributed by atoms with Crippen molar-refractivity contribution in [3.8, 4) is 0 Å². The smallest absolute Gasteiger partial charge is 0.307 e. The second-order valence-electron chi connectivity index (χ2n) is 7.69. The largest absolute Gasteiger partial charge is 0.481 e. The normalized spacial score (nSPS) is 29.6. The van der Waals surface area contributed by atoms with Crippen molar-refractivity contribution in [2.24, 2.45) is 23.7 Å². The first-order valence-corrected chi connectivity index (χ1v) is 10.5. The Hall–Kier alpha value is -2.15. The summed E-state index contributed by atoms with van der Waals surface area (Å²) < 4.78 is 0. The predicted octanol–water partition coefficient (Wildman–Crippen LogP) is 3.23. The zero-order valence-corrected chi connectivity index (χ0v) is 15.9. The molecule has 5 rings (SSSR count). The average molecular weight is 388 g/mol. The van der Waals surface area contributed by atoms with Crippen LogP contribution in [-0.2, 0) is 9.59 Å². The standard InChI is InChI=1S/C20H24N2O4S/c23-17(15-12-4-6-13(7-5-12)16(15)20(25)26)21-18-14(8-11-27-18)19(24)22-9-2-1-3-10-22/h4,6,8,11-13,15-16H,1-3,5,7,9-10H2,(H,21,23)(H,25,26)/t12-,13+,15-,16+/m0/s1. The van der Waals surface area contributed by atoms with Gasteiger partial charge in [-0.2, -0.15) is 0 Å². The number of carbonyl (C=O) groups excluding carboxylic acids is 2. The summed E-state index contributed by atoms with van der Waals surface area (Å²) in [6, 6.07) is 1.75. The number of thiophene rings is 1. The Morgan fingerprint density at radius 3 is 2.33 bits per heavy atom. The number of anilines is 1. The molecule has 2 N–H and O–H groups in total. The molecular formula is C20H24N2O4S. The second-order valence-corrected chi connectivity index (χ2v) is 8.60. The molecule has 1 aliphatic heterocycles. The van der Waals surface area contributed by atoms with E-state index in [4.69, 9.17) is 0 Å². The number of hydrogen-bond donors (Lipinski definition) is 2. The second kappa shape index (κ2) is 7.46. The third-order valence-electron chi connectivity index (χ3n) is 6.11. The van der Waals surface area contributed by atoms with Gasteiger partial charge in [-0.1, -0.05) is 12.2 Å². The molecule has 7 heteroatoms. The highest BCUT2D eigenvalue weighted by Gasteiger charge is 2.48. The molecule has 1 saturated carbocycles. The highest BCUT2D eigenvalue weighted by molar-refractivity contribution is 7.14. The van der Waals surface area contributed by atoms with Crippen LogP contribution in [-0.4, -0.2) is 40.9 Å². The summed E-state index contributed by atoms with van der Waals surface area (Å²) in [5.74, 6) is -2.63. The number of amides is 2. The van der Waals surface area contributed by atoms with E-state index in [-0.39, 0.29) is 23.7 Å². The van der Waals surface area contributed by atoms with E-state index in [2.05, 4.69) is 5.32 Å². The molecule has 0 aromatic carbocycles. The summed E-state index contributed by atoms with van der Waals surface area (Å²) in [5.41, 5.74) is 0.513. The maximum absolute atomic E-state index is 13.0. The topological polar surface area (TPSA) is 86.7 Å². The maximum atomic E-state index is 13.0. The Labute approximate surface area is 162 Å². The van der Waals surface area contributed by atoms with Crippen LogP contribution in [0.2, 0.25) is 0 Å². The van der Waals surface area contributed by atoms with E-state index in [9.17, 15) is 19.5 Å². The Morgan fingerprint density at radius 1 is 1.04 bits per heavy atom. The van der Waals surface area contributed by atoms with Gasteiger partial charge in [-0.05, 0) is 55.4 Å². The van der Waals surface area contributed by atoms with Gasteiger partial charge in [0.25, 0.3) is 5.91 Å². The summed E-state index contributed by atoms with van der Waals surface area (Å²) in [5, 5.41) is 14.9. The summed E-state index contributed by atoms with van der Waals surface area (Å²) in [4.78, 5) is 39.4. The number of hydrogen-bond acceptors (Lipinski definition) is 4. The Bertz CT molecular complexity index is 781. The average Bonchev–Trinajstić information content (AvgIpc) is 3.16. The minimum atomic E-state index is -0.912. The molecule has 2 heterocycles. The van der Waals surface area contributed by atoms with E-state index in [1.165, 1.54) is 11.3 Å². The molecule has 0 radical (unpaired) electrons. The van der Waals surface area contributed by atoms with Crippen molar-refractivity contribution in [3.63, 3.8) is 0 Å². The third kappa shape index (κ3) is 3.40. The fourth-order valence-corrected chi connectivity index (χ4v) is 5.51. The van der Waals surface area contributed by atoms with E-state index >= 15 is 0 Å². The van der Waals surface area contributed by atoms with Crippen LogP contribution in [0, 0.1) is 23.7 Å². The number of piperidine rings is 1. The van der Waals surface area contributed by atoms with E-state index in [0.717, 1.165) is 45.2 Å². The summed E-state index contributed by atoms with van der Waals surface area (Å²) in [6.07, 6.45) is 8.77. The first-order valence-electron chi connectivity index (χ1n) is 9.65. The van der Waals surface area contributed by atoms with Gasteiger partial charge in [-0.3, -0.25) is 14.4 Å². The van der Waals surface area contributed by atoms with Gasteiger partial charge in [0, 0.05) is 13.1 Å². The number of fused-ring (bicyclic) bond motifs is 2. The van der Waals surface area contributed by atoms with Crippen LogP contribution in [0.5, 0.6) is 0 Å². The first kappa shape index (κ1) is 18.2. The van der Waals surface area contributed by atoms with E-state index in [1.807, 2.05) is 17.1 Å². The van der Waals surface area contributed by atoms with Crippen molar-refractivity contribution in [1.82, 2.24) is 4.90 Å². The van der Waals surface area contributed by atoms with Crippen molar-refractivity contribution < 1.29 is 19.5 Å². The van der Waals surface area contributed by atoms with E-state index < -0.39 is 17.8 Å². The fourth-order valence-electron chi connectivity index (χ4n) is 4.73. The number of carbonyl (C=O) groups is 3. The highest BCUT2D eigenvalue weighted by atomic mass is 32.1. The molecule has 27 heavy (non-hydrogen) atoms. The van der Waals surface area contributed by atoms with Crippen LogP contribution in [0.4, 0.5) is 5.00 Å². The molecule has 0 unspecified atom stereocenters. The molecule has 2 fully saturated rings. The van der Waals surface area contributed by atoms with Crippen LogP contribution in [0.3, 0.4) is 0 Å². The quantitative estimate of drug-likeness (QED) is 0.776. The maximum Gasteiger partial charge on any atom is 0.307 e. The van der Waals surface area contributed by atoms with Crippen molar-refractivity contribution in [2.45, 2.75) is 32.1 Å². The monoisotopic (exact) mass is 388 g/mol. The molecule has 1 aromatic heterocycles. The molecule has 1 aromatic rings. The lowest BCUT2D eigenvalue weighted by Crippen LogP contribution is -2.47. The minimum Gasteiger partial charge on any atom is -0.481 e. The Balaban J connectivity index is 1.52. The van der Waals surface area contributed by atoms with Crippen LogP contribution >= 0.6 is 11.3 Å². The zero-order chi connectivity index (χ0) is 19.0. The number of nitrogens with zero attached hydrogens (tertiary/aromatic N) is 1. The number of allylic oxidation sites excluding steroid dienone is 2. The van der Waals surface area contributed by atoms with Gasteiger partial charge in [-0.15, -0.1) is 11.3 Å². The van der Waals surface area contributed by atoms with Crippen molar-refractivity contribution in [2.75, 3.05) is 18.4 Å². The number of likely N-dealkylation sites (tertiary alicyclic amines) is 1. The zero-order valence-electron chi connectivity index (χ0n) is 15.1. The molecule has 144 valence electrons. The number of carboxylic acids is 1. The van der Waals surface area contributed by atoms with Crippen LogP contribution in [0.1, 0.15) is 42.5 Å². The number of carboxylic acid groups (broad SMARTS) is 1. The number of aliphatic carboxylic acids is 1. The molecule has 6 nitrogen and oxygen atoms in total. The lowest BCUT2D eigenvalue weighted by atomic mass is 9.62. The predicted molar refractivity (Wildman–Crippen MR) is 103 cm³/mol. The lowest BCUT2D eigenvalue weighted by molar-refractivity contribution is -0.151. The molecule has 4 aliphatic rings. The molecule has 3 aliphatic carbocycles. The highest BCUT2D eigenvalue weighted by Crippen LogP contribution is 2.45. The van der Waals surface area contributed by atoms with Crippen LogP contribution in [0.25, 0.3) is 0 Å².